The van der Waals surface area contributed by atoms with Crippen LogP contribution in [0.25, 0.3) is 10.6 Å². The number of H-pyrrole nitrogens is 1. The molecule has 2 aromatic heterocycles. The molecule has 11 heteroatoms. The van der Waals surface area contributed by atoms with Gasteiger partial charge in [0.25, 0.3) is 5.91 Å². The van der Waals surface area contributed by atoms with Crippen LogP contribution in [0.2, 0.25) is 0 Å². The Morgan fingerprint density at radius 2 is 2.00 bits per heavy atom. The van der Waals surface area contributed by atoms with Crippen molar-refractivity contribution in [3.8, 4) is 10.6 Å². The summed E-state index contributed by atoms with van der Waals surface area (Å²) in [6.45, 7) is 3.21. The number of aromatic amines is 1. The van der Waals surface area contributed by atoms with Gasteiger partial charge in [-0.15, -0.1) is 11.3 Å². The fraction of sp³-hybridized carbons (Fsp3) is 0.381. The molecule has 1 aliphatic heterocycles. The second-order valence-electron chi connectivity index (χ2n) is 7.66. The summed E-state index contributed by atoms with van der Waals surface area (Å²) in [5, 5.41) is 9.88. The average Bonchev–Trinajstić information content (AvgIpc) is 3.25. The van der Waals surface area contributed by atoms with Gasteiger partial charge in [0.15, 0.2) is 0 Å². The van der Waals surface area contributed by atoms with Crippen LogP contribution in [-0.2, 0) is 4.74 Å². The number of hydrogen-bond donors (Lipinski definition) is 3. The molecular weight excluding hydrogens is 443 g/mol. The first kappa shape index (κ1) is 22.4. The van der Waals surface area contributed by atoms with Crippen molar-refractivity contribution < 1.29 is 22.7 Å². The number of alkyl halides is 1. The second-order valence-corrected chi connectivity index (χ2v) is 8.87. The number of nitrogens with zero attached hydrogens (tertiary/aromatic N) is 2. The van der Waals surface area contributed by atoms with E-state index in [-0.39, 0.29) is 22.9 Å². The highest BCUT2D eigenvalue weighted by molar-refractivity contribution is 7.15. The fourth-order valence-corrected chi connectivity index (χ4v) is 4.54. The summed E-state index contributed by atoms with van der Waals surface area (Å²) in [4.78, 5) is 17.7. The summed E-state index contributed by atoms with van der Waals surface area (Å²) in [7, 11) is 0. The third-order valence-electron chi connectivity index (χ3n) is 5.39. The molecule has 170 valence electrons. The topological polar surface area (TPSA) is 106 Å². The smallest absolute Gasteiger partial charge is 0.275 e. The number of benzene rings is 1. The largest absolute Gasteiger partial charge is 0.369 e. The Hall–Kier alpha value is -2.76. The molecule has 0 bridgehead atoms. The van der Waals surface area contributed by atoms with Crippen LogP contribution in [0.5, 0.6) is 0 Å². The van der Waals surface area contributed by atoms with Crippen molar-refractivity contribution in [2.45, 2.75) is 45.0 Å². The number of nitrogens with one attached hydrogen (secondary N) is 2. The number of halogens is 3. The van der Waals surface area contributed by atoms with Crippen molar-refractivity contribution in [3.63, 3.8) is 0 Å². The number of aromatic nitrogens is 3. The fourth-order valence-electron chi connectivity index (χ4n) is 3.58. The molecule has 7 nitrogen and oxygen atoms in total. The first-order chi connectivity index (χ1) is 15.3. The summed E-state index contributed by atoms with van der Waals surface area (Å²) in [5.41, 5.74) is 6.98. The molecule has 1 fully saturated rings. The molecule has 1 saturated heterocycles. The summed E-state index contributed by atoms with van der Waals surface area (Å²) >= 11 is 1.02. The Kier molecular flexibility index (Phi) is 6.31. The van der Waals surface area contributed by atoms with Gasteiger partial charge in [0.1, 0.15) is 40.3 Å². The molecule has 3 heterocycles. The van der Waals surface area contributed by atoms with Crippen molar-refractivity contribution >= 4 is 22.9 Å². The quantitative estimate of drug-likeness (QED) is 0.536. The van der Waals surface area contributed by atoms with Gasteiger partial charge in [0.2, 0.25) is 0 Å². The summed E-state index contributed by atoms with van der Waals surface area (Å²) in [5.74, 6) is -2.07. The molecule has 1 aliphatic rings. The Bertz CT molecular complexity index is 1120. The minimum atomic E-state index is -1.27. The summed E-state index contributed by atoms with van der Waals surface area (Å²) in [6.07, 6.45) is -0.954. The molecule has 1 aromatic carbocycles. The first-order valence-electron chi connectivity index (χ1n) is 10.1. The zero-order valence-electron chi connectivity index (χ0n) is 17.4. The Morgan fingerprint density at radius 3 is 2.72 bits per heavy atom. The molecule has 3 aromatic rings. The van der Waals surface area contributed by atoms with Gasteiger partial charge in [-0.3, -0.25) is 9.89 Å². The summed E-state index contributed by atoms with van der Waals surface area (Å²) < 4.78 is 47.8. The molecule has 4 rings (SSSR count). The number of carbonyl (C=O) groups excluding carboxylic acids is 1. The number of ether oxygens (including phenoxy) is 1. The monoisotopic (exact) mass is 465 g/mol. The van der Waals surface area contributed by atoms with Crippen LogP contribution >= 0.6 is 11.3 Å². The van der Waals surface area contributed by atoms with E-state index in [1.54, 1.807) is 13.8 Å². The number of nitrogens with two attached hydrogens (primary N) is 1. The van der Waals surface area contributed by atoms with Gasteiger partial charge in [0, 0.05) is 10.9 Å². The normalized spacial score (nSPS) is 21.4. The van der Waals surface area contributed by atoms with Gasteiger partial charge in [-0.1, -0.05) is 6.07 Å². The number of rotatable bonds is 4. The van der Waals surface area contributed by atoms with E-state index in [1.807, 2.05) is 0 Å². The highest BCUT2D eigenvalue weighted by atomic mass is 32.1. The molecule has 0 unspecified atom stereocenters. The van der Waals surface area contributed by atoms with E-state index in [1.165, 1.54) is 6.07 Å². The van der Waals surface area contributed by atoms with Crippen LogP contribution < -0.4 is 11.1 Å². The molecule has 0 saturated carbocycles. The van der Waals surface area contributed by atoms with Crippen molar-refractivity contribution in [2.75, 3.05) is 11.9 Å². The number of anilines is 1. The zero-order chi connectivity index (χ0) is 23.0. The van der Waals surface area contributed by atoms with Gasteiger partial charge in [-0.2, -0.15) is 5.10 Å². The van der Waals surface area contributed by atoms with Crippen molar-refractivity contribution in [3.05, 3.63) is 51.8 Å². The van der Waals surface area contributed by atoms with E-state index >= 15 is 0 Å². The van der Waals surface area contributed by atoms with Crippen LogP contribution in [0, 0.1) is 25.5 Å². The van der Waals surface area contributed by atoms with Crippen LogP contribution in [0.1, 0.15) is 45.7 Å². The highest BCUT2D eigenvalue weighted by Crippen LogP contribution is 2.35. The van der Waals surface area contributed by atoms with Crippen molar-refractivity contribution in [1.82, 2.24) is 15.2 Å². The van der Waals surface area contributed by atoms with Crippen LogP contribution in [0.3, 0.4) is 0 Å². The predicted octanol–water partition coefficient (Wildman–Crippen LogP) is 4.20. The molecule has 4 N–H and O–H groups in total. The Balaban J connectivity index is 1.59. The number of thiazole rings is 1. The van der Waals surface area contributed by atoms with Crippen molar-refractivity contribution in [2.24, 2.45) is 5.73 Å². The van der Waals surface area contributed by atoms with Gasteiger partial charge in [0.05, 0.1) is 23.6 Å². The maximum Gasteiger partial charge on any atom is 0.275 e. The molecular formula is C21H22F3N5O2S. The molecule has 0 radical (unpaired) electrons. The minimum Gasteiger partial charge on any atom is -0.369 e. The van der Waals surface area contributed by atoms with E-state index in [2.05, 4.69) is 20.5 Å². The third-order valence-corrected chi connectivity index (χ3v) is 6.38. The zero-order valence-corrected chi connectivity index (χ0v) is 18.2. The standard InChI is InChI=1S/C21H22F3N5O2S/c1-9-17(19(29-28-9)15-7-6-14(25)13(24)8-31-15)26-20(30)18-10(2)32-21(27-18)16-11(22)4-3-5-12(16)23/h3-5,13-15H,6-8,25H2,1-2H3,(H,26,30)(H,28,29)/t13-,14-,15+/m1/s1. The van der Waals surface area contributed by atoms with Gasteiger partial charge in [-0.05, 0) is 38.8 Å². The lowest BCUT2D eigenvalue weighted by molar-refractivity contribution is 0.0267. The SMILES string of the molecule is Cc1[nH]nc([C@@H]2CC[C@@H](N)[C@H](F)CO2)c1NC(=O)c1nc(-c2c(F)cccc2F)sc1C. The number of aryl methyl sites for hydroxylation is 2. The summed E-state index contributed by atoms with van der Waals surface area (Å²) in [6, 6.07) is 2.92. The van der Waals surface area contributed by atoms with E-state index in [0.717, 1.165) is 23.5 Å². The van der Waals surface area contributed by atoms with Gasteiger partial charge < -0.3 is 15.8 Å². The van der Waals surface area contributed by atoms with Crippen LogP contribution in [0.15, 0.2) is 18.2 Å². The van der Waals surface area contributed by atoms with Gasteiger partial charge in [-0.25, -0.2) is 18.2 Å². The van der Waals surface area contributed by atoms with E-state index in [9.17, 15) is 18.0 Å². The number of carbonyl (C=O) groups is 1. The lowest BCUT2D eigenvalue weighted by Crippen LogP contribution is -2.32. The maximum atomic E-state index is 14.1. The van der Waals surface area contributed by atoms with Crippen molar-refractivity contribution in [1.29, 1.82) is 0 Å². The first-order valence-corrected chi connectivity index (χ1v) is 10.9. The predicted molar refractivity (Wildman–Crippen MR) is 114 cm³/mol. The number of hydrogen-bond acceptors (Lipinski definition) is 6. The third kappa shape index (κ3) is 4.27. The number of amides is 1. The minimum absolute atomic E-state index is 0.0480. The lowest BCUT2D eigenvalue weighted by atomic mass is 10.0. The van der Waals surface area contributed by atoms with Crippen LogP contribution in [0.4, 0.5) is 18.9 Å². The van der Waals surface area contributed by atoms with E-state index < -0.39 is 35.9 Å². The molecule has 0 spiro atoms. The molecule has 3 atom stereocenters. The second kappa shape index (κ2) is 9.00. The van der Waals surface area contributed by atoms with Crippen LogP contribution in [-0.4, -0.2) is 39.9 Å². The van der Waals surface area contributed by atoms with E-state index in [4.69, 9.17) is 10.5 Å². The van der Waals surface area contributed by atoms with Gasteiger partial charge >= 0.3 is 0 Å². The molecule has 1 amide bonds. The lowest BCUT2D eigenvalue weighted by Gasteiger charge is -2.15. The average molecular weight is 466 g/mol. The molecule has 0 aliphatic carbocycles. The Labute approximate surface area is 186 Å². The van der Waals surface area contributed by atoms with E-state index in [0.29, 0.717) is 34.8 Å². The molecule has 32 heavy (non-hydrogen) atoms. The highest BCUT2D eigenvalue weighted by Gasteiger charge is 2.30. The Morgan fingerprint density at radius 1 is 1.28 bits per heavy atom. The maximum absolute atomic E-state index is 14.1.